The van der Waals surface area contributed by atoms with Gasteiger partial charge in [-0.05, 0) is 62.8 Å². The highest BCUT2D eigenvalue weighted by Crippen LogP contribution is 2.33. The molecule has 2 N–H and O–H groups in total. The average molecular weight is 261 g/mol. The summed E-state index contributed by atoms with van der Waals surface area (Å²) in [6.45, 7) is 4.93. The Morgan fingerprint density at radius 2 is 2.21 bits per heavy atom. The van der Waals surface area contributed by atoms with Gasteiger partial charge in [-0.3, -0.25) is 0 Å². The Morgan fingerprint density at radius 1 is 1.37 bits per heavy atom. The number of rotatable bonds is 3. The minimum absolute atomic E-state index is 0.0126. The molecule has 1 heterocycles. The van der Waals surface area contributed by atoms with Crippen molar-refractivity contribution in [2.24, 2.45) is 5.73 Å². The van der Waals surface area contributed by atoms with Gasteiger partial charge in [-0.25, -0.2) is 0 Å². The number of fused-ring (bicyclic) bond motifs is 1. The first-order chi connectivity index (χ1) is 9.03. The van der Waals surface area contributed by atoms with Crippen LogP contribution < -0.4 is 10.5 Å². The van der Waals surface area contributed by atoms with Gasteiger partial charge in [-0.2, -0.15) is 0 Å². The number of nitrogens with two attached hydrogens (primary N) is 1. The molecule has 0 amide bonds. The van der Waals surface area contributed by atoms with E-state index >= 15 is 0 Å². The smallest absolute Gasteiger partial charge is 0.119 e. The fraction of sp³-hybridized carbons (Fsp3) is 0.625. The van der Waals surface area contributed by atoms with E-state index in [2.05, 4.69) is 26.0 Å². The molecule has 1 saturated heterocycles. The van der Waals surface area contributed by atoms with Gasteiger partial charge in [0.25, 0.3) is 0 Å². The zero-order valence-corrected chi connectivity index (χ0v) is 11.8. The second kappa shape index (κ2) is 4.80. The Morgan fingerprint density at radius 3 is 2.95 bits per heavy atom. The molecule has 3 nitrogen and oxygen atoms in total. The van der Waals surface area contributed by atoms with Gasteiger partial charge in [0.2, 0.25) is 0 Å². The topological polar surface area (TPSA) is 44.5 Å². The van der Waals surface area contributed by atoms with Crippen molar-refractivity contribution in [2.75, 3.05) is 6.61 Å². The quantitative estimate of drug-likeness (QED) is 0.909. The predicted molar refractivity (Wildman–Crippen MR) is 75.4 cm³/mol. The summed E-state index contributed by atoms with van der Waals surface area (Å²) in [6, 6.07) is 6.50. The first-order valence-electron chi connectivity index (χ1n) is 7.22. The summed E-state index contributed by atoms with van der Waals surface area (Å²) in [5, 5.41) is 0. The molecule has 1 aromatic rings. The summed E-state index contributed by atoms with van der Waals surface area (Å²) >= 11 is 0. The molecule has 1 aliphatic heterocycles. The molecular formula is C16H23NO2. The van der Waals surface area contributed by atoms with Crippen LogP contribution in [-0.4, -0.2) is 18.3 Å². The summed E-state index contributed by atoms with van der Waals surface area (Å²) in [5.74, 6) is 0.946. The van der Waals surface area contributed by atoms with Gasteiger partial charge in [0.15, 0.2) is 0 Å². The lowest BCUT2D eigenvalue weighted by molar-refractivity contribution is -0.0326. The maximum Gasteiger partial charge on any atom is 0.119 e. The van der Waals surface area contributed by atoms with E-state index in [1.807, 2.05) is 6.07 Å². The zero-order chi connectivity index (χ0) is 13.5. The highest BCUT2D eigenvalue weighted by Gasteiger charge is 2.32. The maximum absolute atomic E-state index is 6.04. The molecule has 104 valence electrons. The van der Waals surface area contributed by atoms with Crippen LogP contribution in [0, 0.1) is 0 Å². The van der Waals surface area contributed by atoms with Gasteiger partial charge in [-0.15, -0.1) is 0 Å². The molecule has 0 radical (unpaired) electrons. The van der Waals surface area contributed by atoms with Crippen molar-refractivity contribution in [2.45, 2.75) is 57.3 Å². The second-order valence-corrected chi connectivity index (χ2v) is 6.36. The summed E-state index contributed by atoms with van der Waals surface area (Å²) in [6.07, 6.45) is 4.55. The van der Waals surface area contributed by atoms with Gasteiger partial charge in [0.05, 0.1) is 11.7 Å². The first-order valence-corrected chi connectivity index (χ1v) is 7.22. The van der Waals surface area contributed by atoms with Crippen molar-refractivity contribution in [3.63, 3.8) is 0 Å². The summed E-state index contributed by atoms with van der Waals surface area (Å²) in [7, 11) is 0. The molecule has 19 heavy (non-hydrogen) atoms. The minimum Gasteiger partial charge on any atom is -0.491 e. The van der Waals surface area contributed by atoms with Crippen molar-refractivity contribution >= 4 is 0 Å². The van der Waals surface area contributed by atoms with Crippen LogP contribution >= 0.6 is 0 Å². The molecule has 2 atom stereocenters. The molecule has 0 aromatic heterocycles. The lowest BCUT2D eigenvalue weighted by Gasteiger charge is -2.19. The second-order valence-electron chi connectivity index (χ2n) is 6.36. The monoisotopic (exact) mass is 261 g/mol. The van der Waals surface area contributed by atoms with Gasteiger partial charge < -0.3 is 15.2 Å². The fourth-order valence-corrected chi connectivity index (χ4v) is 3.10. The summed E-state index contributed by atoms with van der Waals surface area (Å²) in [5.41, 5.74) is 8.68. The number of ether oxygens (including phenoxy) is 2. The Bertz CT molecular complexity index is 470. The molecule has 0 bridgehead atoms. The highest BCUT2D eigenvalue weighted by atomic mass is 16.6. The molecular weight excluding hydrogens is 238 g/mol. The van der Waals surface area contributed by atoms with E-state index in [1.54, 1.807) is 0 Å². The Hall–Kier alpha value is -1.06. The SMILES string of the molecule is CC1(C)CCC(COc2ccc3c(c2)CCC3N)O1. The molecule has 1 aliphatic carbocycles. The van der Waals surface area contributed by atoms with Crippen LogP contribution in [0.2, 0.25) is 0 Å². The first kappa shape index (κ1) is 12.9. The molecule has 1 aromatic carbocycles. The Labute approximate surface area is 115 Å². The van der Waals surface area contributed by atoms with Gasteiger partial charge in [0, 0.05) is 6.04 Å². The van der Waals surface area contributed by atoms with Crippen LogP contribution in [-0.2, 0) is 11.2 Å². The molecule has 0 spiro atoms. The van der Waals surface area contributed by atoms with Crippen LogP contribution in [0.1, 0.15) is 50.3 Å². The van der Waals surface area contributed by atoms with E-state index in [9.17, 15) is 0 Å². The molecule has 2 aliphatic rings. The maximum atomic E-state index is 6.04. The third-order valence-corrected chi connectivity index (χ3v) is 4.23. The Kier molecular flexibility index (Phi) is 3.27. The van der Waals surface area contributed by atoms with Crippen molar-refractivity contribution in [3.8, 4) is 5.75 Å². The van der Waals surface area contributed by atoms with E-state index in [0.717, 1.165) is 31.4 Å². The standard InChI is InChI=1S/C16H23NO2/c1-16(2)8-7-13(19-16)10-18-12-4-5-14-11(9-12)3-6-15(14)17/h4-5,9,13,15H,3,6-8,10,17H2,1-2H3. The minimum atomic E-state index is 0.0126. The number of aryl methyl sites for hydroxylation is 1. The molecule has 1 fully saturated rings. The van der Waals surface area contributed by atoms with Crippen LogP contribution in [0.3, 0.4) is 0 Å². The average Bonchev–Trinajstić information content (AvgIpc) is 2.90. The van der Waals surface area contributed by atoms with Gasteiger partial charge in [-0.1, -0.05) is 6.07 Å². The summed E-state index contributed by atoms with van der Waals surface area (Å²) in [4.78, 5) is 0. The van der Waals surface area contributed by atoms with Gasteiger partial charge in [0.1, 0.15) is 12.4 Å². The third-order valence-electron chi connectivity index (χ3n) is 4.23. The number of hydrogen-bond acceptors (Lipinski definition) is 3. The van der Waals surface area contributed by atoms with Crippen molar-refractivity contribution in [3.05, 3.63) is 29.3 Å². The Balaban J connectivity index is 1.59. The summed E-state index contributed by atoms with van der Waals surface area (Å²) < 4.78 is 11.8. The fourth-order valence-electron chi connectivity index (χ4n) is 3.10. The van der Waals surface area contributed by atoms with E-state index in [0.29, 0.717) is 6.61 Å². The van der Waals surface area contributed by atoms with Crippen molar-refractivity contribution in [1.82, 2.24) is 0 Å². The van der Waals surface area contributed by atoms with Crippen molar-refractivity contribution in [1.29, 1.82) is 0 Å². The third kappa shape index (κ3) is 2.77. The lowest BCUT2D eigenvalue weighted by Crippen LogP contribution is -2.23. The molecule has 3 heteroatoms. The zero-order valence-electron chi connectivity index (χ0n) is 11.8. The lowest BCUT2D eigenvalue weighted by atomic mass is 10.1. The van der Waals surface area contributed by atoms with Gasteiger partial charge >= 0.3 is 0 Å². The molecule has 0 saturated carbocycles. The van der Waals surface area contributed by atoms with Crippen LogP contribution in [0.15, 0.2) is 18.2 Å². The predicted octanol–water partition coefficient (Wildman–Crippen LogP) is 2.97. The number of hydrogen-bond donors (Lipinski definition) is 1. The van der Waals surface area contributed by atoms with Crippen LogP contribution in [0.5, 0.6) is 5.75 Å². The van der Waals surface area contributed by atoms with Crippen LogP contribution in [0.4, 0.5) is 0 Å². The normalized spacial score (nSPS) is 28.4. The molecule has 2 unspecified atom stereocenters. The molecule has 3 rings (SSSR count). The van der Waals surface area contributed by atoms with E-state index < -0.39 is 0 Å². The highest BCUT2D eigenvalue weighted by molar-refractivity contribution is 5.40. The number of benzene rings is 1. The van der Waals surface area contributed by atoms with E-state index in [1.165, 1.54) is 11.1 Å². The van der Waals surface area contributed by atoms with Crippen LogP contribution in [0.25, 0.3) is 0 Å². The van der Waals surface area contributed by atoms with E-state index in [-0.39, 0.29) is 17.7 Å². The van der Waals surface area contributed by atoms with Crippen molar-refractivity contribution < 1.29 is 9.47 Å². The largest absolute Gasteiger partial charge is 0.491 e. The van der Waals surface area contributed by atoms with E-state index in [4.69, 9.17) is 15.2 Å².